The molecule has 1 nitrogen and oxygen atoms in total. The van der Waals surface area contributed by atoms with Gasteiger partial charge in [-0.1, -0.05) is 194 Å². The normalized spacial score (nSPS) is 11.3. The number of hydrogen-bond donors (Lipinski definition) is 0. The van der Waals surface area contributed by atoms with Crippen molar-refractivity contribution in [3.8, 4) is 55.6 Å². The summed E-state index contributed by atoms with van der Waals surface area (Å²) in [5.74, 6) is 0. The summed E-state index contributed by atoms with van der Waals surface area (Å²) in [5.41, 5.74) is 15.4. The van der Waals surface area contributed by atoms with Crippen LogP contribution in [-0.2, 0) is 0 Å². The van der Waals surface area contributed by atoms with Crippen molar-refractivity contribution in [2.45, 2.75) is 0 Å². The fourth-order valence-electron chi connectivity index (χ4n) is 8.83. The van der Waals surface area contributed by atoms with Gasteiger partial charge in [0.25, 0.3) is 0 Å². The summed E-state index contributed by atoms with van der Waals surface area (Å²) in [4.78, 5) is 2.42. The largest absolute Gasteiger partial charge is 0.310 e. The number of rotatable bonds is 8. The van der Waals surface area contributed by atoms with Crippen LogP contribution in [0.3, 0.4) is 0 Å². The van der Waals surface area contributed by atoms with Crippen molar-refractivity contribution in [3.63, 3.8) is 0 Å². The fraction of sp³-hybridized carbons (Fsp3) is 0. The Morgan fingerprint density at radius 1 is 0.267 bits per heavy atom. The molecule has 11 aromatic rings. The highest BCUT2D eigenvalue weighted by Crippen LogP contribution is 2.47. The molecular weight excluding hydrogens is 743 g/mol. The smallest absolute Gasteiger partial charge is 0.0540 e. The van der Waals surface area contributed by atoms with Crippen molar-refractivity contribution >= 4 is 59.3 Å². The highest BCUT2D eigenvalue weighted by molar-refractivity contribution is 7.25. The molecule has 0 spiro atoms. The van der Waals surface area contributed by atoms with E-state index >= 15 is 0 Å². The van der Waals surface area contributed by atoms with Gasteiger partial charge in [-0.3, -0.25) is 0 Å². The highest BCUT2D eigenvalue weighted by Gasteiger charge is 2.20. The number of anilines is 3. The van der Waals surface area contributed by atoms with Gasteiger partial charge in [0, 0.05) is 37.1 Å². The molecule has 0 unspecified atom stereocenters. The monoisotopic (exact) mass is 781 g/mol. The topological polar surface area (TPSA) is 3.24 Å². The molecule has 0 amide bonds. The van der Waals surface area contributed by atoms with Crippen molar-refractivity contribution in [2.75, 3.05) is 4.90 Å². The molecule has 282 valence electrons. The Bertz CT molecular complexity index is 3280. The number of benzene rings is 10. The zero-order valence-electron chi connectivity index (χ0n) is 32.9. The van der Waals surface area contributed by atoms with Crippen molar-refractivity contribution in [2.24, 2.45) is 0 Å². The first-order valence-corrected chi connectivity index (χ1v) is 21.3. The minimum atomic E-state index is 1.09. The van der Waals surface area contributed by atoms with Gasteiger partial charge < -0.3 is 4.90 Å². The molecule has 1 aromatic heterocycles. The van der Waals surface area contributed by atoms with Crippen molar-refractivity contribution < 1.29 is 0 Å². The van der Waals surface area contributed by atoms with Gasteiger partial charge in [-0.05, 0) is 103 Å². The van der Waals surface area contributed by atoms with E-state index in [1.807, 2.05) is 11.3 Å². The molecule has 0 aliphatic heterocycles. The molecule has 11 rings (SSSR count). The molecule has 0 aliphatic carbocycles. The summed E-state index contributed by atoms with van der Waals surface area (Å²) in [6.45, 7) is 0. The van der Waals surface area contributed by atoms with E-state index in [4.69, 9.17) is 0 Å². The number of fused-ring (bicyclic) bond motifs is 4. The summed E-state index contributed by atoms with van der Waals surface area (Å²) in [6.07, 6.45) is 0. The number of nitrogens with zero attached hydrogens (tertiary/aromatic N) is 1. The van der Waals surface area contributed by atoms with Gasteiger partial charge in [0.05, 0.1) is 5.69 Å². The van der Waals surface area contributed by atoms with Crippen molar-refractivity contribution in [1.82, 2.24) is 0 Å². The zero-order chi connectivity index (χ0) is 39.8. The molecule has 0 bridgehead atoms. The van der Waals surface area contributed by atoms with Crippen LogP contribution < -0.4 is 4.90 Å². The lowest BCUT2D eigenvalue weighted by molar-refractivity contribution is 1.28. The van der Waals surface area contributed by atoms with Crippen LogP contribution >= 0.6 is 11.3 Å². The van der Waals surface area contributed by atoms with Crippen LogP contribution in [0, 0.1) is 0 Å². The maximum atomic E-state index is 2.42. The summed E-state index contributed by atoms with van der Waals surface area (Å²) in [5, 5.41) is 5.11. The Hall–Kier alpha value is -7.52. The average molecular weight is 782 g/mol. The first-order chi connectivity index (χ1) is 29.8. The Morgan fingerprint density at radius 3 is 1.47 bits per heavy atom. The third-order valence-corrected chi connectivity index (χ3v) is 12.9. The third kappa shape index (κ3) is 6.44. The first-order valence-electron chi connectivity index (χ1n) is 20.5. The second kappa shape index (κ2) is 15.3. The second-order valence-corrected chi connectivity index (χ2v) is 16.3. The Balaban J connectivity index is 1.03. The van der Waals surface area contributed by atoms with E-state index in [1.54, 1.807) is 0 Å². The molecule has 0 atom stereocenters. The molecule has 0 N–H and O–H groups in total. The van der Waals surface area contributed by atoms with Gasteiger partial charge in [-0.2, -0.15) is 0 Å². The SMILES string of the molecule is c1ccc(-c2ccc(-c3ccc(N(c4ccc(-c5ccccc5-c5cccc6ccccc56)cc4)c4ccccc4-c4cccc5sc6ccccc6c45)cc3)cc2)cc1. The summed E-state index contributed by atoms with van der Waals surface area (Å²) in [7, 11) is 0. The van der Waals surface area contributed by atoms with Crippen molar-refractivity contribution in [3.05, 3.63) is 237 Å². The van der Waals surface area contributed by atoms with Gasteiger partial charge in [0.1, 0.15) is 0 Å². The lowest BCUT2D eigenvalue weighted by atomic mass is 9.91. The Labute approximate surface area is 354 Å². The van der Waals surface area contributed by atoms with Crippen LogP contribution in [0.1, 0.15) is 0 Å². The molecule has 0 saturated heterocycles. The number of hydrogen-bond acceptors (Lipinski definition) is 2. The predicted octanol–water partition coefficient (Wildman–Crippen LogP) is 17.0. The number of para-hydroxylation sites is 1. The zero-order valence-corrected chi connectivity index (χ0v) is 33.7. The molecule has 0 radical (unpaired) electrons. The standard InChI is InChI=1S/C58H39NS/c1-2-14-40(15-3-1)41-28-30-42(31-29-41)43-32-36-46(37-33-43)59(55-25-10-8-21-52(55)53-24-13-27-57-58(53)54-22-9-11-26-56(54)60-57)47-38-34-45(35-39-47)49-19-6-7-20-50(49)51-23-12-17-44-16-4-5-18-48(44)51/h1-39H. The van der Waals surface area contributed by atoms with E-state index < -0.39 is 0 Å². The highest BCUT2D eigenvalue weighted by atomic mass is 32.1. The van der Waals surface area contributed by atoms with E-state index in [0.717, 1.165) is 17.1 Å². The molecule has 2 heteroatoms. The molecule has 1 heterocycles. The third-order valence-electron chi connectivity index (χ3n) is 11.7. The van der Waals surface area contributed by atoms with E-state index in [-0.39, 0.29) is 0 Å². The molecular formula is C58H39NS. The Kier molecular flexibility index (Phi) is 9.11. The van der Waals surface area contributed by atoms with E-state index in [9.17, 15) is 0 Å². The molecule has 0 saturated carbocycles. The molecule has 0 fully saturated rings. The summed E-state index contributed by atoms with van der Waals surface area (Å²) >= 11 is 1.86. The molecule has 60 heavy (non-hydrogen) atoms. The van der Waals surface area contributed by atoms with Gasteiger partial charge in [0.15, 0.2) is 0 Å². The van der Waals surface area contributed by atoms with Gasteiger partial charge in [-0.25, -0.2) is 0 Å². The van der Waals surface area contributed by atoms with Gasteiger partial charge in [0.2, 0.25) is 0 Å². The number of thiophene rings is 1. The lowest BCUT2D eigenvalue weighted by Crippen LogP contribution is -2.11. The Morgan fingerprint density at radius 2 is 0.733 bits per heavy atom. The molecule has 0 aliphatic rings. The quantitative estimate of drug-likeness (QED) is 0.148. The molecule has 10 aromatic carbocycles. The van der Waals surface area contributed by atoms with Gasteiger partial charge >= 0.3 is 0 Å². The minimum absolute atomic E-state index is 1.09. The van der Waals surface area contributed by atoms with E-state index in [0.29, 0.717) is 0 Å². The van der Waals surface area contributed by atoms with Crippen LogP contribution in [0.2, 0.25) is 0 Å². The van der Waals surface area contributed by atoms with Gasteiger partial charge in [-0.15, -0.1) is 11.3 Å². The van der Waals surface area contributed by atoms with Crippen LogP contribution in [0.15, 0.2) is 237 Å². The predicted molar refractivity (Wildman–Crippen MR) is 259 cm³/mol. The van der Waals surface area contributed by atoms with Crippen LogP contribution in [0.4, 0.5) is 17.1 Å². The second-order valence-electron chi connectivity index (χ2n) is 15.2. The maximum Gasteiger partial charge on any atom is 0.0540 e. The lowest BCUT2D eigenvalue weighted by Gasteiger charge is -2.28. The van der Waals surface area contributed by atoms with E-state index in [2.05, 4.69) is 241 Å². The van der Waals surface area contributed by atoms with Crippen molar-refractivity contribution in [1.29, 1.82) is 0 Å². The minimum Gasteiger partial charge on any atom is -0.310 e. The van der Waals surface area contributed by atoms with E-state index in [1.165, 1.54) is 86.6 Å². The summed E-state index contributed by atoms with van der Waals surface area (Å²) in [6, 6.07) is 86.1. The first kappa shape index (κ1) is 35.6. The average Bonchev–Trinajstić information content (AvgIpc) is 3.72. The fourth-order valence-corrected chi connectivity index (χ4v) is 9.96. The maximum absolute atomic E-state index is 2.42. The van der Waals surface area contributed by atoms with Crippen LogP contribution in [0.5, 0.6) is 0 Å². The van der Waals surface area contributed by atoms with Crippen LogP contribution in [-0.4, -0.2) is 0 Å². The van der Waals surface area contributed by atoms with Crippen LogP contribution in [0.25, 0.3) is 86.6 Å². The summed E-state index contributed by atoms with van der Waals surface area (Å²) < 4.78 is 2.60.